The van der Waals surface area contributed by atoms with Gasteiger partial charge in [0.1, 0.15) is 0 Å². The lowest BCUT2D eigenvalue weighted by atomic mass is 10.3. The first-order valence-corrected chi connectivity index (χ1v) is 9.81. The van der Waals surface area contributed by atoms with Crippen molar-refractivity contribution in [3.8, 4) is 0 Å². The molecule has 0 aromatic heterocycles. The van der Waals surface area contributed by atoms with E-state index in [1.807, 2.05) is 51.1 Å². The summed E-state index contributed by atoms with van der Waals surface area (Å²) in [5, 5.41) is 11.4. The van der Waals surface area contributed by atoms with E-state index in [1.165, 1.54) is 0 Å². The van der Waals surface area contributed by atoms with Crippen LogP contribution in [0.4, 0.5) is 5.69 Å². The maximum atomic E-state index is 8.06. The van der Waals surface area contributed by atoms with Crippen LogP contribution >= 0.6 is 0 Å². The van der Waals surface area contributed by atoms with Crippen molar-refractivity contribution in [2.45, 2.75) is 40.7 Å². The Labute approximate surface area is 136 Å². The summed E-state index contributed by atoms with van der Waals surface area (Å²) < 4.78 is 17.3. The molecule has 0 radical (unpaired) electrons. The summed E-state index contributed by atoms with van der Waals surface area (Å²) in [6.45, 7) is 11.1. The minimum atomic E-state index is -2.59. The molecule has 0 aliphatic carbocycles. The highest BCUT2D eigenvalue weighted by Gasteiger charge is 2.40. The molecule has 128 valence electrons. The summed E-state index contributed by atoms with van der Waals surface area (Å²) in [5.74, 6) is 0. The molecule has 0 aliphatic rings. The lowest BCUT2D eigenvalue weighted by molar-refractivity contribution is 0.0740. The molecule has 0 heterocycles. The van der Waals surface area contributed by atoms with Crippen molar-refractivity contribution in [1.29, 1.82) is 0 Å². The van der Waals surface area contributed by atoms with Crippen LogP contribution in [0, 0.1) is 0 Å². The van der Waals surface area contributed by atoms with Crippen molar-refractivity contribution in [2.75, 3.05) is 31.3 Å². The smallest absolute Gasteiger partial charge is 0.394 e. The minimum absolute atomic E-state index is 0.167. The first-order valence-electron chi connectivity index (χ1n) is 7.88. The average molecular weight is 330 g/mol. The second-order valence-electron chi connectivity index (χ2n) is 4.80. The van der Waals surface area contributed by atoms with E-state index >= 15 is 0 Å². The van der Waals surface area contributed by atoms with Gasteiger partial charge >= 0.3 is 8.80 Å². The molecule has 0 saturated heterocycles. The Balaban J connectivity index is 0.000000980. The molecular weight excluding hydrogens is 298 g/mol. The third kappa shape index (κ3) is 9.91. The summed E-state index contributed by atoms with van der Waals surface area (Å²) in [6.07, 6.45) is 0.423. The van der Waals surface area contributed by atoms with Crippen molar-refractivity contribution in [3.05, 3.63) is 30.3 Å². The van der Waals surface area contributed by atoms with Crippen LogP contribution in [0.5, 0.6) is 0 Å². The molecule has 5 nitrogen and oxygen atoms in total. The van der Waals surface area contributed by atoms with Crippen LogP contribution < -0.4 is 5.32 Å². The normalized spacial score (nSPS) is 11.0. The largest absolute Gasteiger partial charge is 0.521 e. The molecule has 0 unspecified atom stereocenters. The molecule has 0 bridgehead atoms. The van der Waals surface area contributed by atoms with Crippen LogP contribution in [0.2, 0.25) is 0 Å². The Morgan fingerprint density at radius 1 is 0.955 bits per heavy atom. The van der Waals surface area contributed by atoms with E-state index in [-0.39, 0.29) is 6.10 Å². The molecule has 1 aromatic carbocycles. The zero-order valence-electron chi connectivity index (χ0n) is 14.5. The lowest BCUT2D eigenvalue weighted by Crippen LogP contribution is -2.52. The van der Waals surface area contributed by atoms with Gasteiger partial charge in [0, 0.05) is 31.6 Å². The van der Waals surface area contributed by atoms with Crippen molar-refractivity contribution in [2.24, 2.45) is 0 Å². The van der Waals surface area contributed by atoms with Gasteiger partial charge in [-0.3, -0.25) is 0 Å². The molecule has 1 rings (SSSR count). The molecular formula is C16H31NO4Si. The van der Waals surface area contributed by atoms with Crippen LogP contribution in [0.25, 0.3) is 0 Å². The van der Waals surface area contributed by atoms with Gasteiger partial charge in [-0.05, 0) is 46.8 Å². The van der Waals surface area contributed by atoms with Crippen LogP contribution in [-0.2, 0) is 13.3 Å². The Bertz CT molecular complexity index is 343. The van der Waals surface area contributed by atoms with Gasteiger partial charge in [-0.25, -0.2) is 0 Å². The predicted molar refractivity (Wildman–Crippen MR) is 92.9 cm³/mol. The SMILES string of the molecule is CC(C)O.CCO[Si](CNc1ccccc1)(OCC)OCC. The molecule has 0 amide bonds. The lowest BCUT2D eigenvalue weighted by Gasteiger charge is -2.28. The highest BCUT2D eigenvalue weighted by molar-refractivity contribution is 6.61. The fourth-order valence-corrected chi connectivity index (χ4v) is 4.00. The topological polar surface area (TPSA) is 60.0 Å². The van der Waals surface area contributed by atoms with Gasteiger partial charge < -0.3 is 23.7 Å². The first-order chi connectivity index (χ1) is 10.5. The Hall–Kier alpha value is -0.923. The maximum Gasteiger partial charge on any atom is 0.521 e. The molecule has 0 saturated carbocycles. The summed E-state index contributed by atoms with van der Waals surface area (Å²) in [5.41, 5.74) is 1.05. The number of hydrogen-bond acceptors (Lipinski definition) is 5. The third-order valence-electron chi connectivity index (χ3n) is 2.38. The highest BCUT2D eigenvalue weighted by atomic mass is 28.4. The summed E-state index contributed by atoms with van der Waals surface area (Å²) in [4.78, 5) is 0. The molecule has 0 atom stereocenters. The fourth-order valence-electron chi connectivity index (χ4n) is 1.70. The summed E-state index contributed by atoms with van der Waals surface area (Å²) >= 11 is 0. The zero-order chi connectivity index (χ0) is 16.8. The number of hydrogen-bond donors (Lipinski definition) is 2. The van der Waals surface area contributed by atoms with Crippen molar-refractivity contribution >= 4 is 14.5 Å². The molecule has 22 heavy (non-hydrogen) atoms. The quantitative estimate of drug-likeness (QED) is 0.682. The standard InChI is InChI=1S/C13H23NO3Si.C3H8O/c1-4-15-18(16-5-2,17-6-3)12-14-13-10-8-7-9-11-13;1-3(2)4/h7-11,14H,4-6,12H2,1-3H3;3-4H,1-2H3. The van der Waals surface area contributed by atoms with Gasteiger partial charge in [0.2, 0.25) is 0 Å². The van der Waals surface area contributed by atoms with Crippen molar-refractivity contribution < 1.29 is 18.4 Å². The number of rotatable bonds is 9. The molecule has 2 N–H and O–H groups in total. The first kappa shape index (κ1) is 21.1. The Morgan fingerprint density at radius 3 is 1.73 bits per heavy atom. The summed E-state index contributed by atoms with van der Waals surface area (Å²) in [6, 6.07) is 10.0. The van der Waals surface area contributed by atoms with E-state index in [2.05, 4.69) is 5.32 Å². The fraction of sp³-hybridized carbons (Fsp3) is 0.625. The van der Waals surface area contributed by atoms with E-state index in [1.54, 1.807) is 13.8 Å². The van der Waals surface area contributed by atoms with Gasteiger partial charge in [0.25, 0.3) is 0 Å². The van der Waals surface area contributed by atoms with Crippen LogP contribution in [-0.4, -0.2) is 46.0 Å². The molecule has 0 fully saturated rings. The second kappa shape index (κ2) is 12.6. The number of para-hydroxylation sites is 1. The van der Waals surface area contributed by atoms with Gasteiger partial charge in [0.05, 0.1) is 6.17 Å². The number of benzene rings is 1. The summed E-state index contributed by atoms with van der Waals surface area (Å²) in [7, 11) is -2.59. The van der Waals surface area contributed by atoms with Gasteiger partial charge in [-0.15, -0.1) is 0 Å². The van der Waals surface area contributed by atoms with Crippen LogP contribution in [0.3, 0.4) is 0 Å². The van der Waals surface area contributed by atoms with Gasteiger partial charge in [-0.1, -0.05) is 18.2 Å². The Kier molecular flexibility index (Phi) is 12.1. The average Bonchev–Trinajstić information content (AvgIpc) is 2.47. The number of aliphatic hydroxyl groups is 1. The van der Waals surface area contributed by atoms with E-state index in [0.717, 1.165) is 5.69 Å². The number of aliphatic hydroxyl groups excluding tert-OH is 1. The monoisotopic (exact) mass is 329 g/mol. The minimum Gasteiger partial charge on any atom is -0.394 e. The molecule has 6 heteroatoms. The highest BCUT2D eigenvalue weighted by Crippen LogP contribution is 2.13. The van der Waals surface area contributed by atoms with Crippen LogP contribution in [0.15, 0.2) is 30.3 Å². The number of nitrogens with one attached hydrogen (secondary N) is 1. The van der Waals surface area contributed by atoms with Gasteiger partial charge in [-0.2, -0.15) is 0 Å². The third-order valence-corrected chi connectivity index (χ3v) is 5.17. The zero-order valence-corrected chi connectivity index (χ0v) is 15.5. The molecule has 0 spiro atoms. The van der Waals surface area contributed by atoms with Crippen molar-refractivity contribution in [3.63, 3.8) is 0 Å². The van der Waals surface area contributed by atoms with E-state index in [0.29, 0.717) is 26.0 Å². The van der Waals surface area contributed by atoms with E-state index in [9.17, 15) is 0 Å². The predicted octanol–water partition coefficient (Wildman–Crippen LogP) is 3.07. The second-order valence-corrected chi connectivity index (χ2v) is 7.38. The van der Waals surface area contributed by atoms with Crippen molar-refractivity contribution in [1.82, 2.24) is 0 Å². The molecule has 0 aliphatic heterocycles. The van der Waals surface area contributed by atoms with Gasteiger partial charge in [0.15, 0.2) is 0 Å². The number of anilines is 1. The van der Waals surface area contributed by atoms with Crippen LogP contribution in [0.1, 0.15) is 34.6 Å². The molecule has 1 aromatic rings. The maximum absolute atomic E-state index is 8.06. The van der Waals surface area contributed by atoms with E-state index in [4.69, 9.17) is 18.4 Å². The Morgan fingerprint density at radius 2 is 1.36 bits per heavy atom. The van der Waals surface area contributed by atoms with E-state index < -0.39 is 8.80 Å².